The minimum absolute atomic E-state index is 0.113. The molecule has 182 valence electrons. The third kappa shape index (κ3) is 3.41. The van der Waals surface area contributed by atoms with E-state index in [-0.39, 0.29) is 28.5 Å². The topological polar surface area (TPSA) is 40.5 Å². The molecule has 0 heterocycles. The molecule has 2 saturated carbocycles. The number of hydrogen-bond donors (Lipinski definition) is 2. The van der Waals surface area contributed by atoms with Gasteiger partial charge in [0, 0.05) is 0 Å². The van der Waals surface area contributed by atoms with Gasteiger partial charge in [0.15, 0.2) is 0 Å². The highest BCUT2D eigenvalue weighted by Crippen LogP contribution is 2.71. The summed E-state index contributed by atoms with van der Waals surface area (Å²) in [6, 6.07) is 0. The number of aliphatic hydroxyl groups is 2. The van der Waals surface area contributed by atoms with Crippen molar-refractivity contribution in [2.24, 2.45) is 45.8 Å². The van der Waals surface area contributed by atoms with Crippen molar-refractivity contribution in [1.29, 1.82) is 0 Å². The standard InChI is InChI=1S/C30H50O2/c1-18(2)19(3)17-27(32)21(5)23-11-15-30(8)25-10-9-22-20(4)26(31)13-14-28(22,6)24(25)12-16-29(23,30)7/h18,20-23,26-27,31-32H,3,9-17H2,1-2,4-8H3/t20-,21-,22?,23+,26+,27+,28-,29+,30-/m0/s1. The number of allylic oxidation sites excluding steroid dienone is 2. The highest BCUT2D eigenvalue weighted by Gasteiger charge is 2.62. The van der Waals surface area contributed by atoms with Crippen molar-refractivity contribution in [2.75, 3.05) is 0 Å². The first kappa shape index (κ1) is 24.5. The molecule has 4 aliphatic rings. The van der Waals surface area contributed by atoms with Crippen molar-refractivity contribution in [1.82, 2.24) is 0 Å². The van der Waals surface area contributed by atoms with Crippen LogP contribution in [0.4, 0.5) is 0 Å². The summed E-state index contributed by atoms with van der Waals surface area (Å²) in [6.07, 6.45) is 9.95. The predicted molar refractivity (Wildman–Crippen MR) is 134 cm³/mol. The lowest BCUT2D eigenvalue weighted by Crippen LogP contribution is -2.52. The van der Waals surface area contributed by atoms with Crippen molar-refractivity contribution in [2.45, 2.75) is 118 Å². The van der Waals surface area contributed by atoms with Crippen LogP contribution in [0.1, 0.15) is 106 Å². The van der Waals surface area contributed by atoms with Crippen molar-refractivity contribution in [3.05, 3.63) is 23.3 Å². The highest BCUT2D eigenvalue weighted by atomic mass is 16.3. The molecule has 0 saturated heterocycles. The maximum absolute atomic E-state index is 11.2. The molecule has 2 nitrogen and oxygen atoms in total. The Morgan fingerprint density at radius 3 is 2.34 bits per heavy atom. The van der Waals surface area contributed by atoms with E-state index >= 15 is 0 Å². The number of hydrogen-bond acceptors (Lipinski definition) is 2. The molecule has 0 radical (unpaired) electrons. The quantitative estimate of drug-likeness (QED) is 0.438. The molecule has 0 bridgehead atoms. The van der Waals surface area contributed by atoms with E-state index in [2.05, 4.69) is 55.0 Å². The van der Waals surface area contributed by atoms with E-state index in [1.54, 1.807) is 11.1 Å². The van der Waals surface area contributed by atoms with Crippen LogP contribution in [-0.2, 0) is 0 Å². The van der Waals surface area contributed by atoms with Crippen molar-refractivity contribution >= 4 is 0 Å². The van der Waals surface area contributed by atoms with Crippen LogP contribution in [0.25, 0.3) is 0 Å². The Hall–Kier alpha value is -0.600. The van der Waals surface area contributed by atoms with E-state index in [4.69, 9.17) is 0 Å². The van der Waals surface area contributed by atoms with Gasteiger partial charge in [-0.2, -0.15) is 0 Å². The minimum Gasteiger partial charge on any atom is -0.393 e. The molecule has 1 unspecified atom stereocenters. The Kier molecular flexibility index (Phi) is 6.33. The van der Waals surface area contributed by atoms with Crippen molar-refractivity contribution in [3.63, 3.8) is 0 Å². The number of fused-ring (bicyclic) bond motifs is 4. The normalized spacial score (nSPS) is 45.8. The Balaban J connectivity index is 1.63. The van der Waals surface area contributed by atoms with Gasteiger partial charge in [0.2, 0.25) is 0 Å². The predicted octanol–water partition coefficient (Wildman–Crippen LogP) is 7.31. The fourth-order valence-corrected chi connectivity index (χ4v) is 9.14. The fraction of sp³-hybridized carbons (Fsp3) is 0.867. The monoisotopic (exact) mass is 442 g/mol. The molecular weight excluding hydrogens is 392 g/mol. The fourth-order valence-electron chi connectivity index (χ4n) is 9.14. The van der Waals surface area contributed by atoms with Crippen molar-refractivity contribution in [3.8, 4) is 0 Å². The zero-order valence-corrected chi connectivity index (χ0v) is 22.0. The molecule has 0 amide bonds. The summed E-state index contributed by atoms with van der Waals surface area (Å²) in [5.41, 5.74) is 5.59. The first-order valence-corrected chi connectivity index (χ1v) is 13.6. The molecule has 32 heavy (non-hydrogen) atoms. The van der Waals surface area contributed by atoms with E-state index < -0.39 is 0 Å². The zero-order valence-electron chi connectivity index (χ0n) is 22.0. The molecular formula is C30H50O2. The molecule has 0 aliphatic heterocycles. The first-order chi connectivity index (χ1) is 14.9. The van der Waals surface area contributed by atoms with E-state index in [0.717, 1.165) is 19.3 Å². The number of rotatable bonds is 5. The second kappa shape index (κ2) is 8.26. The summed E-state index contributed by atoms with van der Waals surface area (Å²) < 4.78 is 0. The van der Waals surface area contributed by atoms with Crippen LogP contribution in [0.2, 0.25) is 0 Å². The first-order valence-electron chi connectivity index (χ1n) is 13.6. The van der Waals surface area contributed by atoms with Gasteiger partial charge in [-0.25, -0.2) is 0 Å². The number of aliphatic hydroxyl groups excluding tert-OH is 2. The van der Waals surface area contributed by atoms with Gasteiger partial charge in [-0.1, -0.05) is 71.8 Å². The maximum Gasteiger partial charge on any atom is 0.0605 e. The molecule has 4 aliphatic carbocycles. The molecule has 0 aromatic carbocycles. The average molecular weight is 443 g/mol. The summed E-state index contributed by atoms with van der Waals surface area (Å²) in [7, 11) is 0. The molecule has 9 atom stereocenters. The van der Waals surface area contributed by atoms with E-state index in [9.17, 15) is 10.2 Å². The third-order valence-electron chi connectivity index (χ3n) is 11.9. The van der Waals surface area contributed by atoms with Crippen LogP contribution in [-0.4, -0.2) is 22.4 Å². The van der Waals surface area contributed by atoms with Gasteiger partial charge in [-0.15, -0.1) is 0 Å². The summed E-state index contributed by atoms with van der Waals surface area (Å²) in [4.78, 5) is 0. The van der Waals surface area contributed by atoms with Crippen LogP contribution in [0.3, 0.4) is 0 Å². The third-order valence-corrected chi connectivity index (χ3v) is 11.9. The molecule has 2 fully saturated rings. The van der Waals surface area contributed by atoms with E-state index in [1.807, 2.05) is 0 Å². The summed E-state index contributed by atoms with van der Waals surface area (Å²) in [5, 5.41) is 21.7. The van der Waals surface area contributed by atoms with E-state index in [0.29, 0.717) is 29.6 Å². The minimum atomic E-state index is -0.279. The van der Waals surface area contributed by atoms with Gasteiger partial charge in [0.25, 0.3) is 0 Å². The van der Waals surface area contributed by atoms with Crippen LogP contribution >= 0.6 is 0 Å². The van der Waals surface area contributed by atoms with Gasteiger partial charge in [-0.05, 0) is 104 Å². The van der Waals surface area contributed by atoms with E-state index in [1.165, 1.54) is 44.1 Å². The van der Waals surface area contributed by atoms with Gasteiger partial charge in [0.1, 0.15) is 0 Å². The molecule has 2 N–H and O–H groups in total. The summed E-state index contributed by atoms with van der Waals surface area (Å²) >= 11 is 0. The smallest absolute Gasteiger partial charge is 0.0605 e. The summed E-state index contributed by atoms with van der Waals surface area (Å²) in [5.74, 6) is 2.39. The van der Waals surface area contributed by atoms with Gasteiger partial charge in [-0.3, -0.25) is 0 Å². The molecule has 0 aromatic heterocycles. The van der Waals surface area contributed by atoms with Gasteiger partial charge >= 0.3 is 0 Å². The lowest BCUT2D eigenvalue weighted by molar-refractivity contribution is -0.0460. The molecule has 2 heteroatoms. The Morgan fingerprint density at radius 2 is 1.69 bits per heavy atom. The Labute approximate surface area is 198 Å². The second-order valence-corrected chi connectivity index (χ2v) is 13.3. The molecule has 0 spiro atoms. The SMILES string of the molecule is C=C(C[C@@H](O)[C@@H](C)[C@H]1CC[C@@]2(C)C3=C(CC[C@]12C)[C@@]1(C)CC[C@@H](O)[C@@H](C)C1CC3)C(C)C. The van der Waals surface area contributed by atoms with Crippen LogP contribution in [0.15, 0.2) is 23.3 Å². The van der Waals surface area contributed by atoms with Crippen molar-refractivity contribution < 1.29 is 10.2 Å². The Morgan fingerprint density at radius 1 is 1.00 bits per heavy atom. The largest absolute Gasteiger partial charge is 0.393 e. The lowest BCUT2D eigenvalue weighted by Gasteiger charge is -2.60. The lowest BCUT2D eigenvalue weighted by atomic mass is 9.45. The van der Waals surface area contributed by atoms with Crippen LogP contribution in [0.5, 0.6) is 0 Å². The highest BCUT2D eigenvalue weighted by molar-refractivity contribution is 5.38. The summed E-state index contributed by atoms with van der Waals surface area (Å²) in [6.45, 7) is 20.9. The Bertz CT molecular complexity index is 780. The second-order valence-electron chi connectivity index (χ2n) is 13.3. The maximum atomic E-state index is 11.2. The van der Waals surface area contributed by atoms with Gasteiger partial charge in [0.05, 0.1) is 12.2 Å². The average Bonchev–Trinajstić information content (AvgIpc) is 3.01. The molecule has 4 rings (SSSR count). The van der Waals surface area contributed by atoms with Crippen LogP contribution < -0.4 is 0 Å². The molecule has 0 aromatic rings. The van der Waals surface area contributed by atoms with Crippen LogP contribution in [0, 0.1) is 45.8 Å². The zero-order chi connectivity index (χ0) is 23.6. The van der Waals surface area contributed by atoms with Gasteiger partial charge < -0.3 is 10.2 Å².